The highest BCUT2D eigenvalue weighted by Crippen LogP contribution is 2.33. The van der Waals surface area contributed by atoms with Crippen LogP contribution in [0.5, 0.6) is 0 Å². The Labute approximate surface area is 131 Å². The van der Waals surface area contributed by atoms with E-state index in [9.17, 15) is 4.79 Å². The molecule has 20 heavy (non-hydrogen) atoms. The first-order chi connectivity index (χ1) is 9.17. The second kappa shape index (κ2) is 8.44. The van der Waals surface area contributed by atoms with Crippen LogP contribution in [0, 0.1) is 0 Å². The maximum Gasteiger partial charge on any atom is 0.239 e. The Morgan fingerprint density at radius 1 is 1.40 bits per heavy atom. The van der Waals surface area contributed by atoms with Crippen molar-refractivity contribution in [3.63, 3.8) is 0 Å². The molecule has 0 unspecified atom stereocenters. The zero-order chi connectivity index (χ0) is 13.7. The van der Waals surface area contributed by atoms with Crippen molar-refractivity contribution >= 4 is 30.1 Å². The molecule has 2 atom stereocenters. The fraction of sp³-hybridized carbons (Fsp3) is 0.923. The number of morpholine rings is 1. The van der Waals surface area contributed by atoms with Gasteiger partial charge in [0.05, 0.1) is 12.7 Å². The van der Waals surface area contributed by atoms with E-state index in [0.29, 0.717) is 13.2 Å². The molecule has 1 amide bonds. The van der Waals surface area contributed by atoms with E-state index < -0.39 is 0 Å². The highest BCUT2D eigenvalue weighted by molar-refractivity contribution is 8.00. The summed E-state index contributed by atoms with van der Waals surface area (Å²) >= 11 is 1.84. The number of ether oxygens (including phenoxy) is 2. The van der Waals surface area contributed by atoms with Gasteiger partial charge in [-0.15, -0.1) is 12.4 Å². The molecule has 118 valence electrons. The standard InChI is InChI=1S/C13H24N2O3S.ClH/c1-10-11(14-5-8-18-10)12(16)15-9-13(19-2)3-6-17-7-4-13;/h10-11,14H,3-9H2,1-2H3,(H,15,16);1H/t10-,11+;/m1./s1. The number of hydrogen-bond donors (Lipinski definition) is 2. The topological polar surface area (TPSA) is 59.6 Å². The van der Waals surface area contributed by atoms with E-state index in [1.165, 1.54) is 0 Å². The quantitative estimate of drug-likeness (QED) is 0.801. The lowest BCUT2D eigenvalue weighted by molar-refractivity contribution is -0.129. The first-order valence-electron chi connectivity index (χ1n) is 6.92. The summed E-state index contributed by atoms with van der Waals surface area (Å²) in [5.41, 5.74) is 0. The zero-order valence-electron chi connectivity index (χ0n) is 12.1. The number of rotatable bonds is 4. The van der Waals surface area contributed by atoms with E-state index in [1.54, 1.807) is 0 Å². The van der Waals surface area contributed by atoms with Gasteiger partial charge in [0, 0.05) is 31.1 Å². The van der Waals surface area contributed by atoms with Gasteiger partial charge in [0.15, 0.2) is 0 Å². The minimum Gasteiger partial charge on any atom is -0.381 e. The van der Waals surface area contributed by atoms with Crippen molar-refractivity contribution in [3.8, 4) is 0 Å². The SMILES string of the molecule is CSC1(CNC(=O)[C@H]2NCCO[C@@H]2C)CCOCC1.Cl. The number of hydrogen-bond acceptors (Lipinski definition) is 5. The number of nitrogens with one attached hydrogen (secondary N) is 2. The van der Waals surface area contributed by atoms with Crippen LogP contribution in [-0.2, 0) is 14.3 Å². The Bertz CT molecular complexity index is 314. The average Bonchev–Trinajstić information content (AvgIpc) is 2.46. The van der Waals surface area contributed by atoms with Crippen LogP contribution in [0.2, 0.25) is 0 Å². The second-order valence-corrected chi connectivity index (χ2v) is 6.50. The molecule has 2 aliphatic rings. The normalized spacial score (nSPS) is 29.3. The number of thioether (sulfide) groups is 1. The maximum absolute atomic E-state index is 12.2. The molecule has 0 aromatic rings. The fourth-order valence-electron chi connectivity index (χ4n) is 2.58. The second-order valence-electron chi connectivity index (χ2n) is 5.23. The molecule has 0 spiro atoms. The predicted octanol–water partition coefficient (Wildman–Crippen LogP) is 0.813. The summed E-state index contributed by atoms with van der Waals surface area (Å²) in [6.07, 6.45) is 4.05. The van der Waals surface area contributed by atoms with E-state index in [2.05, 4.69) is 16.9 Å². The van der Waals surface area contributed by atoms with Gasteiger partial charge >= 0.3 is 0 Å². The molecular weight excluding hydrogens is 300 g/mol. The van der Waals surface area contributed by atoms with Crippen LogP contribution in [0.15, 0.2) is 0 Å². The van der Waals surface area contributed by atoms with E-state index in [-0.39, 0.29) is 35.2 Å². The van der Waals surface area contributed by atoms with Gasteiger partial charge in [0.2, 0.25) is 5.91 Å². The predicted molar refractivity (Wildman–Crippen MR) is 83.8 cm³/mol. The molecule has 0 aliphatic carbocycles. The Hall–Kier alpha value is -0.0100. The monoisotopic (exact) mass is 324 g/mol. The molecule has 2 N–H and O–H groups in total. The Morgan fingerprint density at radius 2 is 2.10 bits per heavy atom. The van der Waals surface area contributed by atoms with Crippen LogP contribution in [0.4, 0.5) is 0 Å². The summed E-state index contributed by atoms with van der Waals surface area (Å²) in [6, 6.07) is -0.229. The minimum absolute atomic E-state index is 0. The number of carbonyl (C=O) groups is 1. The van der Waals surface area contributed by atoms with Crippen LogP contribution in [0.3, 0.4) is 0 Å². The van der Waals surface area contributed by atoms with E-state index in [1.807, 2.05) is 18.7 Å². The van der Waals surface area contributed by atoms with Crippen LogP contribution in [0.25, 0.3) is 0 Å². The van der Waals surface area contributed by atoms with Crippen molar-refractivity contribution in [1.82, 2.24) is 10.6 Å². The van der Waals surface area contributed by atoms with E-state index in [4.69, 9.17) is 9.47 Å². The minimum atomic E-state index is -0.229. The zero-order valence-corrected chi connectivity index (χ0v) is 13.8. The lowest BCUT2D eigenvalue weighted by Crippen LogP contribution is -2.57. The molecule has 0 radical (unpaired) electrons. The van der Waals surface area contributed by atoms with Gasteiger partial charge in [-0.25, -0.2) is 0 Å². The maximum atomic E-state index is 12.2. The molecule has 7 heteroatoms. The van der Waals surface area contributed by atoms with Gasteiger partial charge in [-0.05, 0) is 26.0 Å². The van der Waals surface area contributed by atoms with Gasteiger partial charge in [0.25, 0.3) is 0 Å². The third-order valence-electron chi connectivity index (χ3n) is 4.02. The van der Waals surface area contributed by atoms with Gasteiger partial charge in [-0.1, -0.05) is 0 Å². The summed E-state index contributed by atoms with van der Waals surface area (Å²) in [5.74, 6) is 0.0483. The van der Waals surface area contributed by atoms with Crippen molar-refractivity contribution < 1.29 is 14.3 Å². The summed E-state index contributed by atoms with van der Waals surface area (Å²) in [6.45, 7) is 5.65. The van der Waals surface area contributed by atoms with Crippen LogP contribution in [0.1, 0.15) is 19.8 Å². The Morgan fingerprint density at radius 3 is 2.70 bits per heavy atom. The fourth-order valence-corrected chi connectivity index (χ4v) is 3.37. The molecule has 2 fully saturated rings. The lowest BCUT2D eigenvalue weighted by atomic mass is 9.98. The molecule has 2 heterocycles. The molecular formula is C13H25ClN2O3S. The van der Waals surface area contributed by atoms with Crippen molar-refractivity contribution in [2.75, 3.05) is 39.2 Å². The molecule has 0 aromatic carbocycles. The number of carbonyl (C=O) groups excluding carboxylic acids is 1. The summed E-state index contributed by atoms with van der Waals surface area (Å²) < 4.78 is 11.0. The Kier molecular flexibility index (Phi) is 7.61. The first-order valence-corrected chi connectivity index (χ1v) is 8.15. The average molecular weight is 325 g/mol. The smallest absolute Gasteiger partial charge is 0.239 e. The summed E-state index contributed by atoms with van der Waals surface area (Å²) in [4.78, 5) is 12.2. The van der Waals surface area contributed by atoms with Gasteiger partial charge in [-0.3, -0.25) is 4.79 Å². The number of amides is 1. The van der Waals surface area contributed by atoms with Crippen LogP contribution < -0.4 is 10.6 Å². The summed E-state index contributed by atoms with van der Waals surface area (Å²) in [7, 11) is 0. The van der Waals surface area contributed by atoms with E-state index in [0.717, 1.165) is 32.6 Å². The Balaban J connectivity index is 0.00000200. The van der Waals surface area contributed by atoms with Crippen molar-refractivity contribution in [1.29, 1.82) is 0 Å². The largest absolute Gasteiger partial charge is 0.381 e. The molecule has 0 aromatic heterocycles. The lowest BCUT2D eigenvalue weighted by Gasteiger charge is -2.37. The van der Waals surface area contributed by atoms with Crippen molar-refractivity contribution in [2.24, 2.45) is 0 Å². The first kappa shape index (κ1) is 18.0. The van der Waals surface area contributed by atoms with Gasteiger partial charge in [0.1, 0.15) is 6.04 Å². The number of halogens is 1. The van der Waals surface area contributed by atoms with Crippen LogP contribution in [-0.4, -0.2) is 62.0 Å². The van der Waals surface area contributed by atoms with Crippen molar-refractivity contribution in [2.45, 2.75) is 36.7 Å². The highest BCUT2D eigenvalue weighted by atomic mass is 35.5. The third-order valence-corrected chi connectivity index (χ3v) is 5.44. The summed E-state index contributed by atoms with van der Waals surface area (Å²) in [5, 5.41) is 6.30. The highest BCUT2D eigenvalue weighted by Gasteiger charge is 2.34. The molecule has 2 rings (SSSR count). The molecule has 0 bridgehead atoms. The molecule has 2 saturated heterocycles. The molecule has 2 aliphatic heterocycles. The van der Waals surface area contributed by atoms with Crippen LogP contribution >= 0.6 is 24.2 Å². The van der Waals surface area contributed by atoms with Gasteiger partial charge < -0.3 is 20.1 Å². The van der Waals surface area contributed by atoms with Crippen molar-refractivity contribution in [3.05, 3.63) is 0 Å². The third kappa shape index (κ3) is 4.49. The molecule has 0 saturated carbocycles. The van der Waals surface area contributed by atoms with E-state index >= 15 is 0 Å². The van der Waals surface area contributed by atoms with Gasteiger partial charge in [-0.2, -0.15) is 11.8 Å². The molecule has 5 nitrogen and oxygen atoms in total.